The maximum Gasteiger partial charge on any atom is 0.239 e. The van der Waals surface area contributed by atoms with Gasteiger partial charge in [-0.25, -0.2) is 0 Å². The van der Waals surface area contributed by atoms with Crippen LogP contribution in [-0.4, -0.2) is 21.1 Å². The number of aryl methyl sites for hydroxylation is 1. The predicted molar refractivity (Wildman–Crippen MR) is 87.0 cm³/mol. The minimum absolute atomic E-state index is 0.160. The minimum atomic E-state index is -0.781. The summed E-state index contributed by atoms with van der Waals surface area (Å²) in [4.78, 5) is 12.9. The number of hydrogen-bond donors (Lipinski definition) is 2. The molecule has 0 saturated heterocycles. The summed E-state index contributed by atoms with van der Waals surface area (Å²) in [6, 6.07) is 0. The van der Waals surface area contributed by atoms with E-state index in [4.69, 9.17) is 18.0 Å². The highest BCUT2D eigenvalue weighted by molar-refractivity contribution is 7.80. The van der Waals surface area contributed by atoms with E-state index in [2.05, 4.69) is 15.5 Å². The quantitative estimate of drug-likeness (QED) is 0.721. The molecule has 1 aromatic rings. The third kappa shape index (κ3) is 3.73. The van der Waals surface area contributed by atoms with Gasteiger partial charge in [-0.2, -0.15) is 0 Å². The maximum absolute atomic E-state index is 12.6. The van der Waals surface area contributed by atoms with E-state index in [9.17, 15) is 4.79 Å². The Morgan fingerprint density at radius 3 is 2.30 bits per heavy atom. The highest BCUT2D eigenvalue weighted by Gasteiger charge is 2.40. The lowest BCUT2D eigenvalue weighted by Gasteiger charge is -2.30. The Morgan fingerprint density at radius 1 is 1.30 bits per heavy atom. The van der Waals surface area contributed by atoms with Crippen molar-refractivity contribution in [2.24, 2.45) is 11.1 Å². The number of amides is 1. The average molecular weight is 314 g/mol. The lowest BCUT2D eigenvalue weighted by Crippen LogP contribution is -2.46. The number of nitrogens with zero attached hydrogens (tertiary/aromatic N) is 2. The summed E-state index contributed by atoms with van der Waals surface area (Å²) in [6.07, 6.45) is 3.81. The molecule has 0 aliphatic rings. The summed E-state index contributed by atoms with van der Waals surface area (Å²) in [6.45, 7) is 6.05. The first kappa shape index (κ1) is 17.0. The van der Waals surface area contributed by atoms with Gasteiger partial charge in [0.1, 0.15) is 5.01 Å². The smallest absolute Gasteiger partial charge is 0.239 e. The first-order valence-electron chi connectivity index (χ1n) is 6.93. The number of thiocarbonyl (C=S) groups is 1. The number of anilines is 1. The molecule has 1 heterocycles. The lowest BCUT2D eigenvalue weighted by atomic mass is 9.78. The Balaban J connectivity index is 2.94. The highest BCUT2D eigenvalue weighted by Crippen LogP contribution is 2.32. The summed E-state index contributed by atoms with van der Waals surface area (Å²) in [5, 5.41) is 12.2. The molecule has 1 rings (SSSR count). The summed E-state index contributed by atoms with van der Waals surface area (Å²) in [5.74, 6) is -0.160. The molecule has 0 fully saturated rings. The van der Waals surface area contributed by atoms with Crippen LogP contribution in [-0.2, 0) is 11.2 Å². The Morgan fingerprint density at radius 2 is 1.90 bits per heavy atom. The van der Waals surface area contributed by atoms with Crippen LogP contribution < -0.4 is 11.1 Å². The molecule has 112 valence electrons. The SMILES string of the molecule is CCCC(CCC)(C(=O)Nc1nnc(CC)s1)C(N)=S. The van der Waals surface area contributed by atoms with Crippen LogP contribution in [0.15, 0.2) is 0 Å². The van der Waals surface area contributed by atoms with E-state index in [-0.39, 0.29) is 10.9 Å². The molecule has 0 radical (unpaired) electrons. The van der Waals surface area contributed by atoms with Gasteiger partial charge in [0.15, 0.2) is 0 Å². The van der Waals surface area contributed by atoms with Gasteiger partial charge in [0, 0.05) is 0 Å². The van der Waals surface area contributed by atoms with Crippen LogP contribution in [0.2, 0.25) is 0 Å². The molecule has 0 aromatic carbocycles. The molecule has 3 N–H and O–H groups in total. The summed E-state index contributed by atoms with van der Waals surface area (Å²) < 4.78 is 0. The standard InChI is InChI=1S/C13H22N4OS2/c1-4-7-13(8-5-2,10(14)19)11(18)15-12-17-16-9(6-3)20-12/h4-8H2,1-3H3,(H2,14,19)(H,15,17,18). The van der Waals surface area contributed by atoms with Crippen molar-refractivity contribution in [3.63, 3.8) is 0 Å². The molecular formula is C13H22N4OS2. The van der Waals surface area contributed by atoms with Crippen LogP contribution in [0.4, 0.5) is 5.13 Å². The fraction of sp³-hybridized carbons (Fsp3) is 0.692. The number of hydrogen-bond acceptors (Lipinski definition) is 5. The molecule has 0 atom stereocenters. The van der Waals surface area contributed by atoms with E-state index in [1.807, 2.05) is 20.8 Å². The van der Waals surface area contributed by atoms with Crippen molar-refractivity contribution in [3.8, 4) is 0 Å². The zero-order valence-electron chi connectivity index (χ0n) is 12.2. The fourth-order valence-corrected chi connectivity index (χ4v) is 3.20. The van der Waals surface area contributed by atoms with Crippen molar-refractivity contribution in [2.45, 2.75) is 52.9 Å². The first-order chi connectivity index (χ1) is 9.50. The molecule has 1 aromatic heterocycles. The molecule has 0 bridgehead atoms. The predicted octanol–water partition coefficient (Wildman–Crippen LogP) is 2.91. The Labute approximate surface area is 129 Å². The van der Waals surface area contributed by atoms with Gasteiger partial charge in [0.25, 0.3) is 0 Å². The number of carbonyl (C=O) groups excluding carboxylic acids is 1. The molecule has 1 amide bonds. The van der Waals surface area contributed by atoms with Crippen molar-refractivity contribution in [1.82, 2.24) is 10.2 Å². The van der Waals surface area contributed by atoms with Gasteiger partial charge in [0.2, 0.25) is 11.0 Å². The molecule has 0 unspecified atom stereocenters. The normalized spacial score (nSPS) is 11.3. The van der Waals surface area contributed by atoms with Gasteiger partial charge in [-0.05, 0) is 19.3 Å². The van der Waals surface area contributed by atoms with Crippen LogP contribution in [0.25, 0.3) is 0 Å². The van der Waals surface area contributed by atoms with Gasteiger partial charge in [-0.3, -0.25) is 10.1 Å². The first-order valence-corrected chi connectivity index (χ1v) is 8.16. The average Bonchev–Trinajstić information content (AvgIpc) is 2.85. The van der Waals surface area contributed by atoms with Crippen LogP contribution in [0.5, 0.6) is 0 Å². The molecule has 0 spiro atoms. The Hall–Kier alpha value is -1.08. The third-order valence-electron chi connectivity index (χ3n) is 3.25. The number of rotatable bonds is 8. The molecule has 0 aliphatic heterocycles. The van der Waals surface area contributed by atoms with Crippen molar-refractivity contribution in [1.29, 1.82) is 0 Å². The second-order valence-electron chi connectivity index (χ2n) is 4.75. The van der Waals surface area contributed by atoms with Crippen molar-refractivity contribution >= 4 is 39.6 Å². The number of nitrogens with two attached hydrogens (primary N) is 1. The number of aromatic nitrogens is 2. The molecule has 7 heteroatoms. The van der Waals surface area contributed by atoms with Gasteiger partial charge >= 0.3 is 0 Å². The minimum Gasteiger partial charge on any atom is -0.392 e. The van der Waals surface area contributed by atoms with Gasteiger partial charge in [-0.15, -0.1) is 10.2 Å². The van der Waals surface area contributed by atoms with E-state index in [0.29, 0.717) is 18.0 Å². The number of carbonyl (C=O) groups is 1. The van der Waals surface area contributed by atoms with Crippen LogP contribution in [0.3, 0.4) is 0 Å². The van der Waals surface area contributed by atoms with Gasteiger partial charge in [-0.1, -0.05) is 57.2 Å². The topological polar surface area (TPSA) is 80.9 Å². The fourth-order valence-electron chi connectivity index (χ4n) is 2.23. The van der Waals surface area contributed by atoms with E-state index >= 15 is 0 Å². The Kier molecular flexibility index (Phi) is 6.48. The Bertz CT molecular complexity index is 467. The lowest BCUT2D eigenvalue weighted by molar-refractivity contribution is -0.122. The van der Waals surface area contributed by atoms with Crippen molar-refractivity contribution in [3.05, 3.63) is 5.01 Å². The van der Waals surface area contributed by atoms with E-state index in [1.165, 1.54) is 11.3 Å². The molecule has 20 heavy (non-hydrogen) atoms. The van der Waals surface area contributed by atoms with Gasteiger partial charge < -0.3 is 5.73 Å². The molecule has 0 aliphatic carbocycles. The van der Waals surface area contributed by atoms with Crippen LogP contribution in [0, 0.1) is 5.41 Å². The maximum atomic E-state index is 12.6. The van der Waals surface area contributed by atoms with Crippen molar-refractivity contribution < 1.29 is 4.79 Å². The van der Waals surface area contributed by atoms with E-state index < -0.39 is 5.41 Å². The third-order valence-corrected chi connectivity index (χ3v) is 4.62. The van der Waals surface area contributed by atoms with E-state index in [0.717, 1.165) is 24.3 Å². The van der Waals surface area contributed by atoms with Crippen molar-refractivity contribution in [2.75, 3.05) is 5.32 Å². The van der Waals surface area contributed by atoms with Gasteiger partial charge in [0.05, 0.1) is 10.4 Å². The summed E-state index contributed by atoms with van der Waals surface area (Å²) >= 11 is 6.55. The highest BCUT2D eigenvalue weighted by atomic mass is 32.1. The summed E-state index contributed by atoms with van der Waals surface area (Å²) in [5.41, 5.74) is 5.09. The largest absolute Gasteiger partial charge is 0.392 e. The van der Waals surface area contributed by atoms with Crippen LogP contribution in [0.1, 0.15) is 51.5 Å². The molecular weight excluding hydrogens is 292 g/mol. The number of nitrogens with one attached hydrogen (secondary N) is 1. The molecule has 5 nitrogen and oxygen atoms in total. The zero-order valence-corrected chi connectivity index (χ0v) is 13.9. The second kappa shape index (κ2) is 7.64. The second-order valence-corrected chi connectivity index (χ2v) is 6.26. The molecule has 0 saturated carbocycles. The summed E-state index contributed by atoms with van der Waals surface area (Å²) in [7, 11) is 0. The van der Waals surface area contributed by atoms with E-state index in [1.54, 1.807) is 0 Å². The van der Waals surface area contributed by atoms with Crippen LogP contribution >= 0.6 is 23.6 Å². The zero-order chi connectivity index (χ0) is 15.2. The monoisotopic (exact) mass is 314 g/mol.